The number of para-hydroxylation sites is 1. The number of carbonyl (C=O) groups excluding carboxylic acids is 1. The van der Waals surface area contributed by atoms with Crippen LogP contribution in [-0.4, -0.2) is 33.8 Å². The van der Waals surface area contributed by atoms with Crippen molar-refractivity contribution in [1.82, 2.24) is 9.88 Å². The minimum atomic E-state index is 0.0278. The van der Waals surface area contributed by atoms with E-state index in [0.29, 0.717) is 0 Å². The molecular formula is C16H20N2OS2. The normalized spacial score (nSPS) is 20.7. The SMILES string of the molecule is CS[C@H](C)C(=O)N1CCCC[C@H]1c1nc2ccccc2s1. The predicted octanol–water partition coefficient (Wildman–Crippen LogP) is 4.10. The van der Waals surface area contributed by atoms with E-state index >= 15 is 0 Å². The Balaban J connectivity index is 1.91. The number of nitrogens with zero attached hydrogens (tertiary/aromatic N) is 2. The minimum absolute atomic E-state index is 0.0278. The number of thioether (sulfide) groups is 1. The van der Waals surface area contributed by atoms with Crippen LogP contribution in [-0.2, 0) is 4.79 Å². The monoisotopic (exact) mass is 320 g/mol. The fraction of sp³-hybridized carbons (Fsp3) is 0.500. The van der Waals surface area contributed by atoms with E-state index in [-0.39, 0.29) is 17.2 Å². The average molecular weight is 320 g/mol. The molecule has 0 radical (unpaired) electrons. The van der Waals surface area contributed by atoms with Crippen LogP contribution in [0.1, 0.15) is 37.2 Å². The Morgan fingerprint density at radius 3 is 3.00 bits per heavy atom. The van der Waals surface area contributed by atoms with E-state index in [9.17, 15) is 4.79 Å². The molecule has 3 rings (SSSR count). The van der Waals surface area contributed by atoms with E-state index in [1.807, 2.05) is 25.3 Å². The minimum Gasteiger partial charge on any atom is -0.332 e. The molecule has 0 N–H and O–H groups in total. The van der Waals surface area contributed by atoms with Crippen molar-refractivity contribution in [1.29, 1.82) is 0 Å². The Morgan fingerprint density at radius 1 is 1.43 bits per heavy atom. The van der Waals surface area contributed by atoms with Gasteiger partial charge in [-0.2, -0.15) is 11.8 Å². The molecule has 0 aliphatic carbocycles. The second-order valence-corrected chi connectivity index (χ2v) is 7.68. The van der Waals surface area contributed by atoms with Gasteiger partial charge in [0.2, 0.25) is 5.91 Å². The fourth-order valence-electron chi connectivity index (χ4n) is 2.82. The number of hydrogen-bond acceptors (Lipinski definition) is 4. The number of piperidine rings is 1. The van der Waals surface area contributed by atoms with Crippen LogP contribution >= 0.6 is 23.1 Å². The molecule has 1 saturated heterocycles. The number of aromatic nitrogens is 1. The van der Waals surface area contributed by atoms with Gasteiger partial charge < -0.3 is 4.90 Å². The molecule has 1 aliphatic rings. The lowest BCUT2D eigenvalue weighted by Gasteiger charge is -2.35. The lowest BCUT2D eigenvalue weighted by Crippen LogP contribution is -2.42. The topological polar surface area (TPSA) is 33.2 Å². The Morgan fingerprint density at radius 2 is 2.24 bits per heavy atom. The summed E-state index contributed by atoms with van der Waals surface area (Å²) >= 11 is 3.35. The molecule has 2 aromatic rings. The molecule has 1 fully saturated rings. The molecule has 1 aromatic carbocycles. The van der Waals surface area contributed by atoms with Crippen LogP contribution in [0.2, 0.25) is 0 Å². The van der Waals surface area contributed by atoms with Crippen LogP contribution < -0.4 is 0 Å². The van der Waals surface area contributed by atoms with Gasteiger partial charge in [-0.15, -0.1) is 11.3 Å². The van der Waals surface area contributed by atoms with Gasteiger partial charge in [-0.1, -0.05) is 12.1 Å². The summed E-state index contributed by atoms with van der Waals surface area (Å²) in [5.41, 5.74) is 1.05. The maximum atomic E-state index is 12.6. The fourth-order valence-corrected chi connectivity index (χ4v) is 4.27. The molecule has 21 heavy (non-hydrogen) atoms. The highest BCUT2D eigenvalue weighted by Gasteiger charge is 2.32. The Labute approximate surface area is 133 Å². The molecule has 3 nitrogen and oxygen atoms in total. The molecule has 1 aliphatic heterocycles. The summed E-state index contributed by atoms with van der Waals surface area (Å²) in [4.78, 5) is 19.4. The third kappa shape index (κ3) is 2.94. The van der Waals surface area contributed by atoms with Crippen molar-refractivity contribution < 1.29 is 4.79 Å². The molecule has 0 unspecified atom stereocenters. The molecule has 1 aromatic heterocycles. The number of amides is 1. The number of rotatable bonds is 3. The highest BCUT2D eigenvalue weighted by atomic mass is 32.2. The van der Waals surface area contributed by atoms with E-state index in [0.717, 1.165) is 29.9 Å². The van der Waals surface area contributed by atoms with Crippen molar-refractivity contribution in [2.75, 3.05) is 12.8 Å². The summed E-state index contributed by atoms with van der Waals surface area (Å²) < 4.78 is 1.21. The molecular weight excluding hydrogens is 300 g/mol. The van der Waals surface area contributed by atoms with Crippen LogP contribution in [0.4, 0.5) is 0 Å². The van der Waals surface area contributed by atoms with Crippen LogP contribution in [0.3, 0.4) is 0 Å². The van der Waals surface area contributed by atoms with E-state index in [1.54, 1.807) is 23.1 Å². The lowest BCUT2D eigenvalue weighted by molar-refractivity contribution is -0.134. The first kappa shape index (κ1) is 14.9. The van der Waals surface area contributed by atoms with Crippen molar-refractivity contribution in [2.45, 2.75) is 37.5 Å². The average Bonchev–Trinajstić information content (AvgIpc) is 2.97. The van der Waals surface area contributed by atoms with Gasteiger partial charge in [0.05, 0.1) is 21.5 Å². The van der Waals surface area contributed by atoms with Crippen molar-refractivity contribution in [2.24, 2.45) is 0 Å². The molecule has 2 atom stereocenters. The molecule has 2 heterocycles. The zero-order valence-electron chi connectivity index (χ0n) is 12.4. The van der Waals surface area contributed by atoms with Crippen LogP contribution in [0, 0.1) is 0 Å². The number of hydrogen-bond donors (Lipinski definition) is 0. The largest absolute Gasteiger partial charge is 0.332 e. The molecule has 0 bridgehead atoms. The van der Waals surface area contributed by atoms with Gasteiger partial charge in [0.15, 0.2) is 0 Å². The summed E-state index contributed by atoms with van der Waals surface area (Å²) in [6.45, 7) is 2.86. The van der Waals surface area contributed by atoms with E-state index in [2.05, 4.69) is 17.0 Å². The maximum Gasteiger partial charge on any atom is 0.235 e. The zero-order valence-corrected chi connectivity index (χ0v) is 14.0. The summed E-state index contributed by atoms with van der Waals surface area (Å²) in [5.74, 6) is 0.256. The number of fused-ring (bicyclic) bond motifs is 1. The summed E-state index contributed by atoms with van der Waals surface area (Å²) in [7, 11) is 0. The Hall–Kier alpha value is -1.07. The smallest absolute Gasteiger partial charge is 0.235 e. The number of carbonyl (C=O) groups is 1. The summed E-state index contributed by atoms with van der Waals surface area (Å²) in [6.07, 6.45) is 5.32. The van der Waals surface area contributed by atoms with E-state index in [4.69, 9.17) is 4.98 Å². The van der Waals surface area contributed by atoms with Gasteiger partial charge in [-0.25, -0.2) is 4.98 Å². The molecule has 5 heteroatoms. The molecule has 1 amide bonds. The van der Waals surface area contributed by atoms with Crippen molar-refractivity contribution in [3.8, 4) is 0 Å². The van der Waals surface area contributed by atoms with Crippen molar-refractivity contribution in [3.05, 3.63) is 29.3 Å². The lowest BCUT2D eigenvalue weighted by atomic mass is 10.0. The van der Waals surface area contributed by atoms with Gasteiger partial charge in [0.1, 0.15) is 5.01 Å². The van der Waals surface area contributed by atoms with Gasteiger partial charge in [-0.3, -0.25) is 4.79 Å². The Bertz CT molecular complexity index is 607. The highest BCUT2D eigenvalue weighted by Crippen LogP contribution is 2.36. The first-order chi connectivity index (χ1) is 10.2. The van der Waals surface area contributed by atoms with Crippen LogP contribution in [0.5, 0.6) is 0 Å². The molecule has 0 spiro atoms. The maximum absolute atomic E-state index is 12.6. The summed E-state index contributed by atoms with van der Waals surface area (Å²) in [6, 6.07) is 8.39. The highest BCUT2D eigenvalue weighted by molar-refractivity contribution is 7.99. The zero-order chi connectivity index (χ0) is 14.8. The standard InChI is InChI=1S/C16H20N2OS2/c1-11(20-2)16(19)18-10-6-5-8-13(18)15-17-12-7-3-4-9-14(12)21-15/h3-4,7,9,11,13H,5-6,8,10H2,1-2H3/t11-,13+/m1/s1. The van der Waals surface area contributed by atoms with Gasteiger partial charge >= 0.3 is 0 Å². The first-order valence-electron chi connectivity index (χ1n) is 7.39. The van der Waals surface area contributed by atoms with Gasteiger partial charge in [-0.05, 0) is 44.6 Å². The number of benzene rings is 1. The van der Waals surface area contributed by atoms with Gasteiger partial charge in [0, 0.05) is 6.54 Å². The molecule has 0 saturated carbocycles. The Kier molecular flexibility index (Phi) is 4.50. The van der Waals surface area contributed by atoms with Crippen LogP contribution in [0.15, 0.2) is 24.3 Å². The van der Waals surface area contributed by atoms with Crippen molar-refractivity contribution >= 4 is 39.2 Å². The van der Waals surface area contributed by atoms with Gasteiger partial charge in [0.25, 0.3) is 0 Å². The summed E-state index contributed by atoms with van der Waals surface area (Å²) in [5, 5.41) is 1.12. The number of likely N-dealkylation sites (tertiary alicyclic amines) is 1. The second-order valence-electron chi connectivity index (χ2n) is 5.44. The third-order valence-electron chi connectivity index (χ3n) is 4.08. The van der Waals surface area contributed by atoms with Crippen LogP contribution in [0.25, 0.3) is 10.2 Å². The quantitative estimate of drug-likeness (QED) is 0.853. The third-order valence-corrected chi connectivity index (χ3v) is 6.13. The second kappa shape index (κ2) is 6.36. The molecule has 112 valence electrons. The van der Waals surface area contributed by atoms with E-state index < -0.39 is 0 Å². The van der Waals surface area contributed by atoms with Crippen molar-refractivity contribution in [3.63, 3.8) is 0 Å². The predicted molar refractivity (Wildman–Crippen MR) is 90.9 cm³/mol. The first-order valence-corrected chi connectivity index (χ1v) is 9.50. The van der Waals surface area contributed by atoms with E-state index in [1.165, 1.54) is 11.1 Å². The number of thiazole rings is 1.